The Bertz CT molecular complexity index is 1240. The van der Waals surface area contributed by atoms with Crippen LogP contribution in [0.25, 0.3) is 0 Å². The largest absolute Gasteiger partial charge is 0.872 e. The fourth-order valence-electron chi connectivity index (χ4n) is 4.54. The Balaban J connectivity index is 0.000000179. The van der Waals surface area contributed by atoms with E-state index >= 15 is 0 Å². The molecule has 5 aromatic carbocycles. The Morgan fingerprint density at radius 2 is 1.00 bits per heavy atom. The Morgan fingerprint density at radius 1 is 0.583 bits per heavy atom. The quantitative estimate of drug-likeness (QED) is 0.226. The van der Waals surface area contributed by atoms with Gasteiger partial charge in [-0.2, -0.15) is 0 Å². The lowest BCUT2D eigenvalue weighted by atomic mass is 10.0. The van der Waals surface area contributed by atoms with E-state index in [-0.39, 0.29) is 5.75 Å². The van der Waals surface area contributed by atoms with Gasteiger partial charge < -0.3 is 5.11 Å². The first-order chi connectivity index (χ1) is 17.6. The maximum absolute atomic E-state index is 11.5. The van der Waals surface area contributed by atoms with Gasteiger partial charge in [0.05, 0.1) is 6.16 Å². The summed E-state index contributed by atoms with van der Waals surface area (Å²) in [5.41, 5.74) is 1.87. The summed E-state index contributed by atoms with van der Waals surface area (Å²) in [6.45, 7) is 2.32. The van der Waals surface area contributed by atoms with Crippen molar-refractivity contribution in [1.29, 1.82) is 0 Å². The fourth-order valence-corrected chi connectivity index (χ4v) is 8.77. The molecule has 0 fully saturated rings. The van der Waals surface area contributed by atoms with Gasteiger partial charge in [0.15, 0.2) is 0 Å². The smallest absolute Gasteiger partial charge is 0.111 e. The Kier molecular flexibility index (Phi) is 8.95. The minimum atomic E-state index is -1.53. The molecule has 0 saturated heterocycles. The van der Waals surface area contributed by atoms with Gasteiger partial charge in [-0.1, -0.05) is 108 Å². The molecule has 0 aromatic heterocycles. The summed E-state index contributed by atoms with van der Waals surface area (Å²) in [4.78, 5) is 0. The zero-order valence-electron chi connectivity index (χ0n) is 20.4. The topological polar surface area (TPSA) is 23.1 Å². The summed E-state index contributed by atoms with van der Waals surface area (Å²) in [6, 6.07) is 47.7. The third-order valence-corrected chi connectivity index (χ3v) is 11.0. The second-order valence-corrected chi connectivity index (χ2v) is 12.8. The van der Waals surface area contributed by atoms with Crippen LogP contribution in [0.5, 0.6) is 5.75 Å². The van der Waals surface area contributed by atoms with Gasteiger partial charge in [-0.25, -0.2) is 0 Å². The lowest BCUT2D eigenvalue weighted by molar-refractivity contribution is -0.269. The summed E-state index contributed by atoms with van der Waals surface area (Å²) in [5, 5.41) is 16.5. The number of hydrogen-bond donors (Lipinski definition) is 0. The molecular weight excluding hydrogens is 479 g/mol. The van der Waals surface area contributed by atoms with Gasteiger partial charge >= 0.3 is 0 Å². The van der Waals surface area contributed by atoms with Crippen LogP contribution in [0, 0.1) is 0 Å². The molecule has 5 aromatic rings. The van der Waals surface area contributed by atoms with Crippen molar-refractivity contribution in [3.8, 4) is 5.75 Å². The second-order valence-electron chi connectivity index (χ2n) is 8.55. The maximum atomic E-state index is 11.5. The number of rotatable bonds is 6. The van der Waals surface area contributed by atoms with Crippen molar-refractivity contribution >= 4 is 34.8 Å². The Hall–Kier alpha value is -3.38. The molecule has 0 aliphatic heterocycles. The fraction of sp³-hybridized carbons (Fsp3) is 0.0909. The highest BCUT2D eigenvalue weighted by Crippen LogP contribution is 2.54. The molecule has 0 radical (unpaired) electrons. The van der Waals surface area contributed by atoms with E-state index in [1.54, 1.807) is 12.1 Å². The average Bonchev–Trinajstić information content (AvgIpc) is 2.94. The van der Waals surface area contributed by atoms with Crippen molar-refractivity contribution in [2.24, 2.45) is 0 Å². The van der Waals surface area contributed by atoms with Crippen molar-refractivity contribution in [1.82, 2.24) is 0 Å². The van der Waals surface area contributed by atoms with Crippen LogP contribution in [0.3, 0.4) is 0 Å². The summed E-state index contributed by atoms with van der Waals surface area (Å²) in [5.74, 6) is 0.0447. The Morgan fingerprint density at radius 3 is 1.42 bits per heavy atom. The number of hydrogen-bond acceptors (Lipinski definition) is 1. The minimum Gasteiger partial charge on any atom is -0.872 e. The highest BCUT2D eigenvalue weighted by atomic mass is 35.5. The number of benzene rings is 5. The van der Waals surface area contributed by atoms with Crippen molar-refractivity contribution in [3.63, 3.8) is 0 Å². The normalized spacial score (nSPS) is 10.8. The van der Waals surface area contributed by atoms with Gasteiger partial charge in [0.1, 0.15) is 23.2 Å². The molecule has 0 bridgehead atoms. The van der Waals surface area contributed by atoms with Gasteiger partial charge in [0.25, 0.3) is 0 Å². The van der Waals surface area contributed by atoms with Crippen LogP contribution < -0.4 is 21.0 Å². The molecule has 1 nitrogen and oxygen atoms in total. The van der Waals surface area contributed by atoms with Crippen LogP contribution in [0.1, 0.15) is 18.1 Å². The predicted molar refractivity (Wildman–Crippen MR) is 156 cm³/mol. The first-order valence-corrected chi connectivity index (χ1v) is 14.5. The zero-order valence-corrected chi connectivity index (χ0v) is 22.1. The summed E-state index contributed by atoms with van der Waals surface area (Å²) in [6.07, 6.45) is 1.78. The molecule has 3 heteroatoms. The van der Waals surface area contributed by atoms with Crippen molar-refractivity contribution in [3.05, 3.63) is 156 Å². The van der Waals surface area contributed by atoms with Crippen LogP contribution in [-0.4, -0.2) is 6.16 Å². The highest BCUT2D eigenvalue weighted by Gasteiger charge is 2.43. The highest BCUT2D eigenvalue weighted by molar-refractivity contribution is 7.95. The van der Waals surface area contributed by atoms with E-state index in [4.69, 9.17) is 11.6 Å². The zero-order chi connectivity index (χ0) is 25.2. The van der Waals surface area contributed by atoms with Crippen LogP contribution in [-0.2, 0) is 6.42 Å². The van der Waals surface area contributed by atoms with E-state index in [9.17, 15) is 5.11 Å². The minimum absolute atomic E-state index is 0.0447. The van der Waals surface area contributed by atoms with Gasteiger partial charge in [-0.15, -0.1) is 5.75 Å². The first kappa shape index (κ1) is 25.7. The monoisotopic (exact) mass is 508 g/mol. The second kappa shape index (κ2) is 12.5. The molecule has 0 unspecified atom stereocenters. The van der Waals surface area contributed by atoms with E-state index in [0.717, 1.165) is 17.3 Å². The van der Waals surface area contributed by atoms with Gasteiger partial charge in [0.2, 0.25) is 0 Å². The molecule has 0 spiro atoms. The van der Waals surface area contributed by atoms with Crippen molar-refractivity contribution < 1.29 is 5.11 Å². The van der Waals surface area contributed by atoms with E-state index in [0.29, 0.717) is 11.4 Å². The SMILES string of the molecule is CC[P+](c1ccccc1)(c1ccccc1)c1ccccc1.[O-]c1ccc(Cl)cc1Cc1ccccc1. The van der Waals surface area contributed by atoms with Crippen molar-refractivity contribution in [2.45, 2.75) is 13.3 Å². The van der Waals surface area contributed by atoms with Crippen molar-refractivity contribution in [2.75, 3.05) is 6.16 Å². The Labute approximate surface area is 220 Å². The van der Waals surface area contributed by atoms with Gasteiger partial charge in [-0.05, 0) is 67.4 Å². The average molecular weight is 509 g/mol. The lowest BCUT2D eigenvalue weighted by Gasteiger charge is -2.26. The first-order valence-electron chi connectivity index (χ1n) is 12.2. The molecule has 0 aliphatic rings. The van der Waals surface area contributed by atoms with Gasteiger partial charge in [-0.3, -0.25) is 0 Å². The third-order valence-electron chi connectivity index (χ3n) is 6.33. The molecule has 0 heterocycles. The number of halogens is 1. The molecule has 5 rings (SSSR count). The molecule has 0 atom stereocenters. The van der Waals surface area contributed by atoms with Crippen LogP contribution in [0.15, 0.2) is 140 Å². The summed E-state index contributed by atoms with van der Waals surface area (Å²) >= 11 is 5.84. The van der Waals surface area contributed by atoms with Gasteiger partial charge in [0, 0.05) is 5.02 Å². The molecule has 0 N–H and O–H groups in total. The molecule has 0 aliphatic carbocycles. The van der Waals surface area contributed by atoms with Crippen LogP contribution in [0.2, 0.25) is 5.02 Å². The van der Waals surface area contributed by atoms with Crippen LogP contribution >= 0.6 is 18.9 Å². The molecular formula is C33H30ClOP. The van der Waals surface area contributed by atoms with Crippen LogP contribution in [0.4, 0.5) is 0 Å². The molecule has 180 valence electrons. The van der Waals surface area contributed by atoms with E-state index in [2.05, 4.69) is 97.9 Å². The standard InChI is InChI=1S/C20H20P.C13H11ClO/c1-2-21(18-12-6-3-7-13-18,19-14-8-4-9-15-19)20-16-10-5-11-17-20;14-12-6-7-13(15)11(9-12)8-10-4-2-1-3-5-10/h3-17H,2H2,1H3;1-7,9,15H,8H2/q+1;/p-1. The lowest BCUT2D eigenvalue weighted by Crippen LogP contribution is -2.32. The molecule has 36 heavy (non-hydrogen) atoms. The van der Waals surface area contributed by atoms with E-state index < -0.39 is 7.26 Å². The molecule has 0 saturated carbocycles. The summed E-state index contributed by atoms with van der Waals surface area (Å²) in [7, 11) is -1.53. The van der Waals surface area contributed by atoms with E-state index in [1.807, 2.05) is 30.3 Å². The maximum Gasteiger partial charge on any atom is 0.111 e. The summed E-state index contributed by atoms with van der Waals surface area (Å²) < 4.78 is 0. The molecule has 0 amide bonds. The third kappa shape index (κ3) is 6.05. The predicted octanol–water partition coefficient (Wildman–Crippen LogP) is 7.00. The van der Waals surface area contributed by atoms with E-state index in [1.165, 1.54) is 22.0 Å².